The molecule has 1 atom stereocenters. The maximum atomic E-state index is 13.4. The van der Waals surface area contributed by atoms with Crippen molar-refractivity contribution in [2.75, 3.05) is 65.5 Å². The lowest BCUT2D eigenvalue weighted by molar-refractivity contribution is 0.0948. The third-order valence-corrected chi connectivity index (χ3v) is 8.16. The Morgan fingerprint density at radius 1 is 0.952 bits per heavy atom. The van der Waals surface area contributed by atoms with Crippen molar-refractivity contribution in [1.29, 1.82) is 0 Å². The third kappa shape index (κ3) is 6.46. The molecule has 42 heavy (non-hydrogen) atoms. The number of ether oxygens (including phenoxy) is 3. The van der Waals surface area contributed by atoms with E-state index in [4.69, 9.17) is 19.2 Å². The second-order valence-corrected chi connectivity index (χ2v) is 10.7. The summed E-state index contributed by atoms with van der Waals surface area (Å²) >= 11 is 0. The standard InChI is InChI=1S/C33H41N5O4/c1-23-26(21-29(40-2)31(42-4)30(23)41-3)32(39)34-22-25(24-11-6-5-7-12-24)15-18-37-16-10-17-38(20-19-37)33-35-27-13-8-9-14-28(27)36-33/h5-9,11-14,21,25H,10,15-20,22H2,1-4H3,(H,34,39)(H,35,36). The van der Waals surface area contributed by atoms with Crippen LogP contribution < -0.4 is 24.4 Å². The number of H-pyrrole nitrogens is 1. The van der Waals surface area contributed by atoms with E-state index < -0.39 is 0 Å². The zero-order valence-corrected chi connectivity index (χ0v) is 25.0. The van der Waals surface area contributed by atoms with Gasteiger partial charge in [-0.3, -0.25) is 4.79 Å². The molecule has 1 amide bonds. The van der Waals surface area contributed by atoms with Crippen LogP contribution in [-0.4, -0.2) is 81.4 Å². The molecular weight excluding hydrogens is 530 g/mol. The number of carbonyl (C=O) groups is 1. The molecule has 1 fully saturated rings. The number of nitrogens with one attached hydrogen (secondary N) is 2. The number of imidazole rings is 1. The minimum atomic E-state index is -0.163. The highest BCUT2D eigenvalue weighted by atomic mass is 16.5. The summed E-state index contributed by atoms with van der Waals surface area (Å²) in [4.78, 5) is 26.6. The Bertz CT molecular complexity index is 1460. The van der Waals surface area contributed by atoms with Gasteiger partial charge in [0.25, 0.3) is 5.91 Å². The molecule has 1 unspecified atom stereocenters. The average molecular weight is 572 g/mol. The van der Waals surface area contributed by atoms with Gasteiger partial charge in [0, 0.05) is 43.2 Å². The summed E-state index contributed by atoms with van der Waals surface area (Å²) < 4.78 is 16.5. The smallest absolute Gasteiger partial charge is 0.251 e. The number of benzene rings is 3. The Balaban J connectivity index is 1.24. The number of fused-ring (bicyclic) bond motifs is 1. The van der Waals surface area contributed by atoms with Gasteiger partial charge in [-0.25, -0.2) is 4.98 Å². The monoisotopic (exact) mass is 571 g/mol. The predicted molar refractivity (Wildman–Crippen MR) is 166 cm³/mol. The Morgan fingerprint density at radius 2 is 1.71 bits per heavy atom. The average Bonchev–Trinajstić information content (AvgIpc) is 3.32. The van der Waals surface area contributed by atoms with Gasteiger partial charge in [0.15, 0.2) is 11.5 Å². The Labute approximate surface area is 247 Å². The van der Waals surface area contributed by atoms with E-state index >= 15 is 0 Å². The van der Waals surface area contributed by atoms with E-state index in [2.05, 4.69) is 50.4 Å². The van der Waals surface area contributed by atoms with Gasteiger partial charge in [0.1, 0.15) is 0 Å². The number of hydrogen-bond donors (Lipinski definition) is 2. The molecule has 2 heterocycles. The maximum absolute atomic E-state index is 13.4. The summed E-state index contributed by atoms with van der Waals surface area (Å²) in [6, 6.07) is 20.3. The van der Waals surface area contributed by atoms with E-state index in [9.17, 15) is 4.79 Å². The van der Waals surface area contributed by atoms with E-state index in [0.29, 0.717) is 34.9 Å². The van der Waals surface area contributed by atoms with Crippen LogP contribution in [0.2, 0.25) is 0 Å². The number of aromatic nitrogens is 2. The fourth-order valence-corrected chi connectivity index (χ4v) is 5.79. The van der Waals surface area contributed by atoms with Crippen molar-refractivity contribution in [2.45, 2.75) is 25.7 Å². The van der Waals surface area contributed by atoms with Crippen molar-refractivity contribution in [1.82, 2.24) is 20.2 Å². The fraction of sp³-hybridized carbons (Fsp3) is 0.394. The second-order valence-electron chi connectivity index (χ2n) is 10.7. The van der Waals surface area contributed by atoms with Crippen LogP contribution in [0, 0.1) is 6.92 Å². The molecular formula is C33H41N5O4. The van der Waals surface area contributed by atoms with Gasteiger partial charge < -0.3 is 34.3 Å². The Kier molecular flexibility index (Phi) is 9.48. The molecule has 0 radical (unpaired) electrons. The molecule has 2 N–H and O–H groups in total. The summed E-state index contributed by atoms with van der Waals surface area (Å²) in [5.41, 5.74) is 4.52. The van der Waals surface area contributed by atoms with Crippen LogP contribution in [0.25, 0.3) is 11.0 Å². The first-order chi connectivity index (χ1) is 20.5. The molecule has 222 valence electrons. The van der Waals surface area contributed by atoms with Gasteiger partial charge in [-0.2, -0.15) is 0 Å². The SMILES string of the molecule is COc1cc(C(=O)NCC(CCN2CCCN(c3nc4ccccc4[nH]3)CC2)c2ccccc2)c(C)c(OC)c1OC. The highest BCUT2D eigenvalue weighted by molar-refractivity contribution is 5.97. The summed E-state index contributed by atoms with van der Waals surface area (Å²) in [7, 11) is 4.68. The van der Waals surface area contributed by atoms with E-state index in [0.717, 1.165) is 62.5 Å². The molecule has 1 saturated heterocycles. The molecule has 3 aromatic carbocycles. The van der Waals surface area contributed by atoms with Crippen molar-refractivity contribution in [2.24, 2.45) is 0 Å². The van der Waals surface area contributed by atoms with Crippen molar-refractivity contribution in [3.05, 3.63) is 77.4 Å². The number of amides is 1. The predicted octanol–water partition coefficient (Wildman–Crippen LogP) is 5.01. The van der Waals surface area contributed by atoms with Crippen LogP contribution in [0.5, 0.6) is 17.2 Å². The number of para-hydroxylation sites is 2. The van der Waals surface area contributed by atoms with E-state index in [1.807, 2.05) is 31.2 Å². The van der Waals surface area contributed by atoms with Gasteiger partial charge in [0.05, 0.1) is 32.4 Å². The number of hydrogen-bond acceptors (Lipinski definition) is 7. The molecule has 0 saturated carbocycles. The fourth-order valence-electron chi connectivity index (χ4n) is 5.79. The molecule has 1 aliphatic rings. The number of rotatable bonds is 11. The molecule has 1 aromatic heterocycles. The van der Waals surface area contributed by atoms with Crippen molar-refractivity contribution >= 4 is 22.9 Å². The zero-order chi connectivity index (χ0) is 29.5. The van der Waals surface area contributed by atoms with Gasteiger partial charge in [-0.1, -0.05) is 42.5 Å². The molecule has 0 spiro atoms. The third-order valence-electron chi connectivity index (χ3n) is 8.16. The summed E-state index contributed by atoms with van der Waals surface area (Å²) in [6.45, 7) is 7.24. The Morgan fingerprint density at radius 3 is 2.45 bits per heavy atom. The topological polar surface area (TPSA) is 92.0 Å². The van der Waals surface area contributed by atoms with Crippen LogP contribution in [0.1, 0.15) is 40.2 Å². The first-order valence-corrected chi connectivity index (χ1v) is 14.6. The van der Waals surface area contributed by atoms with Gasteiger partial charge >= 0.3 is 0 Å². The number of aromatic amines is 1. The first kappa shape index (κ1) is 29.3. The highest BCUT2D eigenvalue weighted by Gasteiger charge is 2.23. The van der Waals surface area contributed by atoms with Crippen molar-refractivity contribution < 1.29 is 19.0 Å². The van der Waals surface area contributed by atoms with Crippen molar-refractivity contribution in [3.8, 4) is 17.2 Å². The normalized spacial score (nSPS) is 14.8. The van der Waals surface area contributed by atoms with Crippen LogP contribution >= 0.6 is 0 Å². The molecule has 5 rings (SSSR count). The first-order valence-electron chi connectivity index (χ1n) is 14.6. The minimum Gasteiger partial charge on any atom is -0.493 e. The van der Waals surface area contributed by atoms with Crippen LogP contribution in [0.15, 0.2) is 60.7 Å². The van der Waals surface area contributed by atoms with Crippen molar-refractivity contribution in [3.63, 3.8) is 0 Å². The van der Waals surface area contributed by atoms with E-state index in [1.165, 1.54) is 5.56 Å². The largest absolute Gasteiger partial charge is 0.493 e. The number of anilines is 1. The van der Waals surface area contributed by atoms with Gasteiger partial charge in [0.2, 0.25) is 11.7 Å². The van der Waals surface area contributed by atoms with E-state index in [1.54, 1.807) is 27.4 Å². The highest BCUT2D eigenvalue weighted by Crippen LogP contribution is 2.41. The number of carbonyl (C=O) groups excluding carboxylic acids is 1. The lowest BCUT2D eigenvalue weighted by atomic mass is 9.95. The molecule has 4 aromatic rings. The Hall–Kier alpha value is -4.24. The van der Waals surface area contributed by atoms with Crippen LogP contribution in [0.4, 0.5) is 5.95 Å². The number of methoxy groups -OCH3 is 3. The molecule has 9 nitrogen and oxygen atoms in total. The summed E-state index contributed by atoms with van der Waals surface area (Å²) in [5, 5.41) is 3.19. The van der Waals surface area contributed by atoms with E-state index in [-0.39, 0.29) is 11.8 Å². The molecule has 0 bridgehead atoms. The van der Waals surface area contributed by atoms with Gasteiger partial charge in [-0.15, -0.1) is 0 Å². The lowest BCUT2D eigenvalue weighted by Crippen LogP contribution is -2.34. The molecule has 9 heteroatoms. The van der Waals surface area contributed by atoms with Crippen LogP contribution in [0.3, 0.4) is 0 Å². The summed E-state index contributed by atoms with van der Waals surface area (Å²) in [6.07, 6.45) is 2.01. The van der Waals surface area contributed by atoms with Gasteiger partial charge in [-0.05, 0) is 56.6 Å². The quantitative estimate of drug-likeness (QED) is 0.261. The maximum Gasteiger partial charge on any atom is 0.251 e. The molecule has 0 aliphatic carbocycles. The van der Waals surface area contributed by atoms with Crippen LogP contribution in [-0.2, 0) is 0 Å². The molecule has 1 aliphatic heterocycles. The second kappa shape index (κ2) is 13.6. The number of nitrogens with zero attached hydrogens (tertiary/aromatic N) is 3. The summed E-state index contributed by atoms with van der Waals surface area (Å²) in [5.74, 6) is 2.40. The minimum absolute atomic E-state index is 0.163. The lowest BCUT2D eigenvalue weighted by Gasteiger charge is -2.25. The zero-order valence-electron chi connectivity index (χ0n) is 25.0.